The first-order chi connectivity index (χ1) is 13.9. The van der Waals surface area contributed by atoms with E-state index in [1.54, 1.807) is 30.3 Å². The minimum Gasteiger partial charge on any atom is -0.340 e. The Morgan fingerprint density at radius 1 is 1.14 bits per heavy atom. The van der Waals surface area contributed by atoms with Crippen LogP contribution in [0, 0.1) is 22.7 Å². The van der Waals surface area contributed by atoms with Gasteiger partial charge in [0.05, 0.1) is 42.6 Å². The fourth-order valence-corrected chi connectivity index (χ4v) is 3.48. The van der Waals surface area contributed by atoms with Gasteiger partial charge in [0.15, 0.2) is 5.16 Å². The molecule has 29 heavy (non-hydrogen) atoms. The molecule has 10 heteroatoms. The van der Waals surface area contributed by atoms with Gasteiger partial charge in [-0.05, 0) is 5.56 Å². The van der Waals surface area contributed by atoms with Crippen molar-refractivity contribution in [3.63, 3.8) is 0 Å². The van der Waals surface area contributed by atoms with Gasteiger partial charge in [-0.3, -0.25) is 4.79 Å². The van der Waals surface area contributed by atoms with Gasteiger partial charge in [-0.15, -0.1) is 0 Å². The smallest absolute Gasteiger partial charge is 0.340 e. The zero-order valence-electron chi connectivity index (χ0n) is 15.4. The summed E-state index contributed by atoms with van der Waals surface area (Å²) in [6, 6.07) is 12.5. The second kappa shape index (κ2) is 10.5. The van der Waals surface area contributed by atoms with Gasteiger partial charge in [-0.1, -0.05) is 42.1 Å². The second-order valence-electron chi connectivity index (χ2n) is 5.98. The van der Waals surface area contributed by atoms with E-state index in [1.807, 2.05) is 12.1 Å². The van der Waals surface area contributed by atoms with Crippen molar-refractivity contribution < 1.29 is 18.0 Å². The third-order valence-corrected chi connectivity index (χ3v) is 4.87. The summed E-state index contributed by atoms with van der Waals surface area (Å²) in [6.07, 6.45) is -2.86. The van der Waals surface area contributed by atoms with Gasteiger partial charge in [-0.2, -0.15) is 23.7 Å². The van der Waals surface area contributed by atoms with E-state index in [4.69, 9.17) is 10.5 Å². The van der Waals surface area contributed by atoms with Crippen molar-refractivity contribution in [2.45, 2.75) is 30.7 Å². The van der Waals surface area contributed by atoms with Gasteiger partial charge in [0.2, 0.25) is 5.91 Å². The number of amides is 1. The maximum absolute atomic E-state index is 13.1. The van der Waals surface area contributed by atoms with E-state index in [-0.39, 0.29) is 42.7 Å². The van der Waals surface area contributed by atoms with Crippen molar-refractivity contribution in [1.29, 1.82) is 10.5 Å². The zero-order valence-corrected chi connectivity index (χ0v) is 16.2. The molecule has 0 saturated heterocycles. The van der Waals surface area contributed by atoms with Crippen molar-refractivity contribution in [1.82, 2.24) is 14.5 Å². The van der Waals surface area contributed by atoms with Gasteiger partial charge < -0.3 is 9.47 Å². The molecule has 6 nitrogen and oxygen atoms in total. The molecule has 0 fully saturated rings. The van der Waals surface area contributed by atoms with E-state index in [1.165, 1.54) is 11.1 Å². The molecule has 1 aromatic carbocycles. The SMILES string of the molecule is N#CCCN(CCC#N)C(=O)CSc1ncc(-c2ccccc2)n1CC(F)(F)F. The average molecular weight is 421 g/mol. The number of imidazole rings is 1. The fraction of sp³-hybridized carbons (Fsp3) is 0.368. The lowest BCUT2D eigenvalue weighted by atomic mass is 10.2. The van der Waals surface area contributed by atoms with Crippen LogP contribution in [-0.4, -0.2) is 45.4 Å². The Balaban J connectivity index is 2.19. The molecule has 1 amide bonds. The molecule has 0 aliphatic rings. The van der Waals surface area contributed by atoms with Crippen LogP contribution in [0.4, 0.5) is 13.2 Å². The summed E-state index contributed by atoms with van der Waals surface area (Å²) in [5.41, 5.74) is 0.899. The van der Waals surface area contributed by atoms with Crippen molar-refractivity contribution in [2.75, 3.05) is 18.8 Å². The normalized spacial score (nSPS) is 10.9. The lowest BCUT2D eigenvalue weighted by molar-refractivity contribution is -0.141. The number of benzene rings is 1. The van der Waals surface area contributed by atoms with E-state index in [0.717, 1.165) is 16.3 Å². The van der Waals surface area contributed by atoms with E-state index >= 15 is 0 Å². The summed E-state index contributed by atoms with van der Waals surface area (Å²) in [7, 11) is 0. The minimum atomic E-state index is -4.45. The van der Waals surface area contributed by atoms with Crippen LogP contribution in [0.3, 0.4) is 0 Å². The highest BCUT2D eigenvalue weighted by molar-refractivity contribution is 7.99. The first-order valence-electron chi connectivity index (χ1n) is 8.68. The lowest BCUT2D eigenvalue weighted by Crippen LogP contribution is -2.34. The number of nitrogens with zero attached hydrogens (tertiary/aromatic N) is 5. The van der Waals surface area contributed by atoms with Gasteiger partial charge in [0.25, 0.3) is 0 Å². The summed E-state index contributed by atoms with van der Waals surface area (Å²) >= 11 is 0.901. The molecular weight excluding hydrogens is 403 g/mol. The predicted molar refractivity (Wildman–Crippen MR) is 101 cm³/mol. The Labute approximate surface area is 170 Å². The zero-order chi connectivity index (χ0) is 21.3. The minimum absolute atomic E-state index is 0.0787. The average Bonchev–Trinajstić information content (AvgIpc) is 3.07. The van der Waals surface area contributed by atoms with Gasteiger partial charge in [-0.25, -0.2) is 4.98 Å². The number of halogens is 3. The highest BCUT2D eigenvalue weighted by Crippen LogP contribution is 2.30. The van der Waals surface area contributed by atoms with Crippen LogP contribution in [0.15, 0.2) is 41.7 Å². The number of thioether (sulfide) groups is 1. The summed E-state index contributed by atoms with van der Waals surface area (Å²) < 4.78 is 40.4. The van der Waals surface area contributed by atoms with Crippen LogP contribution in [0.25, 0.3) is 11.3 Å². The lowest BCUT2D eigenvalue weighted by Gasteiger charge is -2.20. The van der Waals surface area contributed by atoms with E-state index in [0.29, 0.717) is 11.3 Å². The number of hydrogen-bond acceptors (Lipinski definition) is 5. The third-order valence-electron chi connectivity index (χ3n) is 3.89. The molecule has 1 heterocycles. The van der Waals surface area contributed by atoms with Crippen LogP contribution in [0.5, 0.6) is 0 Å². The Hall–Kier alpha value is -2.98. The molecule has 1 aromatic heterocycles. The number of alkyl halides is 3. The van der Waals surface area contributed by atoms with Crippen LogP contribution in [0.1, 0.15) is 12.8 Å². The first kappa shape index (κ1) is 22.3. The molecule has 0 unspecified atom stereocenters. The van der Waals surface area contributed by atoms with Crippen LogP contribution >= 0.6 is 11.8 Å². The Morgan fingerprint density at radius 2 is 1.76 bits per heavy atom. The Bertz CT molecular complexity index is 881. The van der Waals surface area contributed by atoms with E-state index in [2.05, 4.69) is 4.98 Å². The van der Waals surface area contributed by atoms with Crippen LogP contribution in [0.2, 0.25) is 0 Å². The molecule has 0 aliphatic heterocycles. The highest BCUT2D eigenvalue weighted by Gasteiger charge is 2.31. The maximum atomic E-state index is 13.1. The third kappa shape index (κ3) is 6.84. The second-order valence-corrected chi connectivity index (χ2v) is 6.92. The topological polar surface area (TPSA) is 85.7 Å². The molecule has 0 radical (unpaired) electrons. The largest absolute Gasteiger partial charge is 0.406 e. The molecular formula is C19H18F3N5OS. The molecule has 0 bridgehead atoms. The summed E-state index contributed by atoms with van der Waals surface area (Å²) in [5.74, 6) is -0.497. The number of hydrogen-bond donors (Lipinski definition) is 0. The quantitative estimate of drug-likeness (QED) is 0.574. The number of carbonyl (C=O) groups is 1. The van der Waals surface area contributed by atoms with Gasteiger partial charge in [0, 0.05) is 13.1 Å². The fourth-order valence-electron chi connectivity index (χ4n) is 2.59. The Kier molecular flexibility index (Phi) is 8.10. The van der Waals surface area contributed by atoms with Crippen molar-refractivity contribution >= 4 is 17.7 Å². The highest BCUT2D eigenvalue weighted by atomic mass is 32.2. The number of aromatic nitrogens is 2. The Morgan fingerprint density at radius 3 is 2.31 bits per heavy atom. The summed E-state index contributed by atoms with van der Waals surface area (Å²) in [5, 5.41) is 17.5. The molecule has 0 N–H and O–H groups in total. The maximum Gasteiger partial charge on any atom is 0.406 e. The molecule has 2 aromatic rings. The number of rotatable bonds is 9. The number of nitriles is 2. The van der Waals surface area contributed by atoms with Crippen molar-refractivity contribution in [3.8, 4) is 23.4 Å². The van der Waals surface area contributed by atoms with Crippen LogP contribution in [-0.2, 0) is 11.3 Å². The van der Waals surface area contributed by atoms with Crippen LogP contribution < -0.4 is 0 Å². The predicted octanol–water partition coefficient (Wildman–Crippen LogP) is 3.86. The summed E-state index contributed by atoms with van der Waals surface area (Å²) in [4.78, 5) is 17.9. The van der Waals surface area contributed by atoms with E-state index < -0.39 is 12.7 Å². The first-order valence-corrected chi connectivity index (χ1v) is 9.66. The monoisotopic (exact) mass is 421 g/mol. The van der Waals surface area contributed by atoms with Crippen molar-refractivity contribution in [3.05, 3.63) is 36.5 Å². The van der Waals surface area contributed by atoms with Gasteiger partial charge in [0.1, 0.15) is 6.54 Å². The molecule has 0 aliphatic carbocycles. The molecule has 0 atom stereocenters. The molecule has 2 rings (SSSR count). The standard InChI is InChI=1S/C19H18F3N5OS/c20-19(21,22)14-27-16(15-6-2-1-3-7-15)12-25-18(27)29-13-17(28)26(10-4-8-23)11-5-9-24/h1-3,6-7,12H,4-5,10-11,13-14H2. The molecule has 152 valence electrons. The van der Waals surface area contributed by atoms with Crippen molar-refractivity contribution in [2.24, 2.45) is 0 Å². The summed E-state index contributed by atoms with van der Waals surface area (Å²) in [6.45, 7) is -0.881. The van der Waals surface area contributed by atoms with Gasteiger partial charge >= 0.3 is 6.18 Å². The number of carbonyl (C=O) groups excluding carboxylic acids is 1. The molecule has 0 spiro atoms. The molecule has 0 saturated carbocycles. The van der Waals surface area contributed by atoms with E-state index in [9.17, 15) is 18.0 Å².